The van der Waals surface area contributed by atoms with Crippen LogP contribution in [0.3, 0.4) is 0 Å². The van der Waals surface area contributed by atoms with Gasteiger partial charge < -0.3 is 9.84 Å². The number of aromatic nitrogens is 1. The van der Waals surface area contributed by atoms with Gasteiger partial charge in [0.1, 0.15) is 5.69 Å². The van der Waals surface area contributed by atoms with Gasteiger partial charge in [-0.15, -0.1) is 0 Å². The Balaban J connectivity index is 3.39. The maximum absolute atomic E-state index is 12.4. The molecule has 1 aromatic rings. The summed E-state index contributed by atoms with van der Waals surface area (Å²) in [7, 11) is 1.23. The lowest BCUT2D eigenvalue weighted by atomic mass is 10.2. The maximum Gasteiger partial charge on any atom is 0.337 e. The fraction of sp³-hybridized carbons (Fsp3) is 0.250. The topological polar surface area (TPSA) is 59.4 Å². The minimum absolute atomic E-state index is 0.0570. The first-order valence-electron chi connectivity index (χ1n) is 3.73. The number of nitrogens with zero attached hydrogens (tertiary/aromatic N) is 1. The van der Waals surface area contributed by atoms with Gasteiger partial charge in [0.2, 0.25) is 0 Å². The number of carboxylic acids is 1. The molecule has 1 aromatic heterocycles. The molecule has 1 N–H and O–H groups in total. The van der Waals surface area contributed by atoms with Gasteiger partial charge in [-0.3, -0.25) is 0 Å². The van der Waals surface area contributed by atoms with E-state index in [-0.39, 0.29) is 10.9 Å². The molecule has 0 saturated heterocycles. The summed E-state index contributed by atoms with van der Waals surface area (Å²) in [6.45, 7) is 0. The van der Waals surface area contributed by atoms with Crippen molar-refractivity contribution >= 4 is 17.6 Å². The Hall–Kier alpha value is -1.43. The standard InChI is InChI=1S/C8H6ClF2NO3/c1-15-4-2-3(8(13)14)5(7(10)11)12-6(4)9/h2,7H,1H3,(H,13,14). The predicted octanol–water partition coefficient (Wildman–Crippen LogP) is 2.38. The molecule has 0 aliphatic carbocycles. The first kappa shape index (κ1) is 11.6. The van der Waals surface area contributed by atoms with E-state index in [9.17, 15) is 13.6 Å². The first-order chi connectivity index (χ1) is 6.97. The average molecular weight is 238 g/mol. The van der Waals surface area contributed by atoms with Crippen LogP contribution < -0.4 is 4.74 Å². The van der Waals surface area contributed by atoms with Crippen molar-refractivity contribution in [2.24, 2.45) is 0 Å². The van der Waals surface area contributed by atoms with Crippen LogP contribution in [0.15, 0.2) is 6.07 Å². The Bertz CT molecular complexity index is 398. The lowest BCUT2D eigenvalue weighted by Gasteiger charge is -2.08. The normalized spacial score (nSPS) is 10.5. The van der Waals surface area contributed by atoms with Gasteiger partial charge in [-0.25, -0.2) is 18.6 Å². The quantitative estimate of drug-likeness (QED) is 0.820. The highest BCUT2D eigenvalue weighted by Crippen LogP contribution is 2.29. The van der Waals surface area contributed by atoms with Crippen LogP contribution in [0.5, 0.6) is 5.75 Å². The number of halogens is 3. The van der Waals surface area contributed by atoms with Crippen molar-refractivity contribution in [2.45, 2.75) is 6.43 Å². The number of methoxy groups -OCH3 is 1. The van der Waals surface area contributed by atoms with Crippen molar-refractivity contribution in [3.8, 4) is 5.75 Å². The summed E-state index contributed by atoms with van der Waals surface area (Å²) < 4.78 is 29.4. The third kappa shape index (κ3) is 2.33. The number of alkyl halides is 2. The van der Waals surface area contributed by atoms with Crippen LogP contribution >= 0.6 is 11.6 Å². The monoisotopic (exact) mass is 237 g/mol. The number of hydrogen-bond acceptors (Lipinski definition) is 3. The summed E-state index contributed by atoms with van der Waals surface area (Å²) in [4.78, 5) is 13.9. The summed E-state index contributed by atoms with van der Waals surface area (Å²) >= 11 is 5.49. The number of rotatable bonds is 3. The Morgan fingerprint density at radius 3 is 2.67 bits per heavy atom. The second-order valence-electron chi connectivity index (χ2n) is 2.52. The van der Waals surface area contributed by atoms with Crippen molar-refractivity contribution in [2.75, 3.05) is 7.11 Å². The van der Waals surface area contributed by atoms with E-state index in [1.165, 1.54) is 7.11 Å². The van der Waals surface area contributed by atoms with Crippen LogP contribution in [0.25, 0.3) is 0 Å². The maximum atomic E-state index is 12.4. The van der Waals surface area contributed by atoms with Crippen LogP contribution in [-0.4, -0.2) is 23.2 Å². The SMILES string of the molecule is COc1cc(C(=O)O)c(C(F)F)nc1Cl. The Morgan fingerprint density at radius 2 is 2.27 bits per heavy atom. The van der Waals surface area contributed by atoms with E-state index in [4.69, 9.17) is 16.7 Å². The van der Waals surface area contributed by atoms with E-state index < -0.39 is 23.7 Å². The second-order valence-corrected chi connectivity index (χ2v) is 2.88. The number of aromatic carboxylic acids is 1. The van der Waals surface area contributed by atoms with Crippen LogP contribution in [0.1, 0.15) is 22.5 Å². The van der Waals surface area contributed by atoms with Crippen molar-refractivity contribution < 1.29 is 23.4 Å². The van der Waals surface area contributed by atoms with Gasteiger partial charge in [-0.1, -0.05) is 11.6 Å². The van der Waals surface area contributed by atoms with E-state index in [1.807, 2.05) is 0 Å². The van der Waals surface area contributed by atoms with E-state index >= 15 is 0 Å². The van der Waals surface area contributed by atoms with E-state index in [1.54, 1.807) is 0 Å². The number of ether oxygens (including phenoxy) is 1. The zero-order valence-electron chi connectivity index (χ0n) is 7.50. The van der Waals surface area contributed by atoms with Crippen molar-refractivity contribution in [3.05, 3.63) is 22.5 Å². The molecule has 7 heteroatoms. The summed E-state index contributed by atoms with van der Waals surface area (Å²) in [5.74, 6) is -1.56. The highest BCUT2D eigenvalue weighted by atomic mass is 35.5. The largest absolute Gasteiger partial charge is 0.493 e. The van der Waals surface area contributed by atoms with Crippen molar-refractivity contribution in [3.63, 3.8) is 0 Å². The molecule has 1 rings (SSSR count). The van der Waals surface area contributed by atoms with Crippen LogP contribution in [0.2, 0.25) is 5.15 Å². The third-order valence-electron chi connectivity index (χ3n) is 1.63. The minimum atomic E-state index is -3.00. The van der Waals surface area contributed by atoms with E-state index in [0.29, 0.717) is 0 Å². The lowest BCUT2D eigenvalue weighted by Crippen LogP contribution is -2.06. The lowest BCUT2D eigenvalue weighted by molar-refractivity contribution is 0.0681. The van der Waals surface area contributed by atoms with Gasteiger partial charge in [-0.2, -0.15) is 0 Å². The molecule has 0 aliphatic heterocycles. The third-order valence-corrected chi connectivity index (χ3v) is 1.90. The molecule has 0 unspecified atom stereocenters. The van der Waals surface area contributed by atoms with E-state index in [0.717, 1.165) is 6.07 Å². The van der Waals surface area contributed by atoms with E-state index in [2.05, 4.69) is 9.72 Å². The molecule has 0 saturated carbocycles. The minimum Gasteiger partial charge on any atom is -0.493 e. The smallest absolute Gasteiger partial charge is 0.337 e. The van der Waals surface area contributed by atoms with Crippen molar-refractivity contribution in [1.82, 2.24) is 4.98 Å². The molecule has 0 aliphatic rings. The molecule has 15 heavy (non-hydrogen) atoms. The Kier molecular flexibility index (Phi) is 3.41. The molecule has 0 aromatic carbocycles. The molecule has 0 amide bonds. The summed E-state index contributed by atoms with van der Waals surface area (Å²) in [5.41, 5.74) is -1.49. The predicted molar refractivity (Wildman–Crippen MR) is 47.7 cm³/mol. The molecule has 1 heterocycles. The number of hydrogen-bond donors (Lipinski definition) is 1. The molecule has 0 atom stereocenters. The average Bonchev–Trinajstić information content (AvgIpc) is 2.16. The van der Waals surface area contributed by atoms with Gasteiger partial charge in [-0.05, 0) is 6.07 Å². The number of pyridine rings is 1. The molecule has 0 spiro atoms. The fourth-order valence-electron chi connectivity index (χ4n) is 0.966. The van der Waals surface area contributed by atoms with Crippen LogP contribution in [0.4, 0.5) is 8.78 Å². The first-order valence-corrected chi connectivity index (χ1v) is 4.11. The van der Waals surface area contributed by atoms with Gasteiger partial charge in [0.05, 0.1) is 12.7 Å². The van der Waals surface area contributed by atoms with Gasteiger partial charge in [0, 0.05) is 0 Å². The summed E-state index contributed by atoms with van der Waals surface area (Å²) in [6.07, 6.45) is -3.00. The number of carbonyl (C=O) groups is 1. The zero-order valence-corrected chi connectivity index (χ0v) is 8.26. The molecular formula is C8H6ClF2NO3. The fourth-order valence-corrected chi connectivity index (χ4v) is 1.19. The molecule has 0 bridgehead atoms. The zero-order chi connectivity index (χ0) is 11.6. The molecular weight excluding hydrogens is 232 g/mol. The molecule has 4 nitrogen and oxygen atoms in total. The van der Waals surface area contributed by atoms with Gasteiger partial charge in [0.15, 0.2) is 10.9 Å². The molecule has 82 valence electrons. The van der Waals surface area contributed by atoms with Gasteiger partial charge >= 0.3 is 5.97 Å². The Morgan fingerprint density at radius 1 is 1.67 bits per heavy atom. The molecule has 0 radical (unpaired) electrons. The summed E-state index contributed by atoms with van der Waals surface area (Å²) in [5, 5.41) is 8.36. The second kappa shape index (κ2) is 4.39. The summed E-state index contributed by atoms with van der Waals surface area (Å²) in [6, 6.07) is 0.916. The van der Waals surface area contributed by atoms with Crippen LogP contribution in [-0.2, 0) is 0 Å². The highest BCUT2D eigenvalue weighted by Gasteiger charge is 2.22. The molecule has 0 fully saturated rings. The highest BCUT2D eigenvalue weighted by molar-refractivity contribution is 6.31. The number of carboxylic acid groups (broad SMARTS) is 1. The Labute approximate surface area is 88.4 Å². The van der Waals surface area contributed by atoms with Crippen molar-refractivity contribution in [1.29, 1.82) is 0 Å². The van der Waals surface area contributed by atoms with Gasteiger partial charge in [0.25, 0.3) is 6.43 Å². The van der Waals surface area contributed by atoms with Crippen LogP contribution in [0, 0.1) is 0 Å².